The van der Waals surface area contributed by atoms with Gasteiger partial charge in [0.05, 0.1) is 0 Å². The molecule has 0 unspecified atom stereocenters. The second kappa shape index (κ2) is 9.51. The lowest BCUT2D eigenvalue weighted by Crippen LogP contribution is -2.39. The van der Waals surface area contributed by atoms with Crippen molar-refractivity contribution in [3.05, 3.63) is 76.8 Å². The van der Waals surface area contributed by atoms with Gasteiger partial charge in [0, 0.05) is 24.7 Å². The maximum Gasteiger partial charge on any atom is 0.415 e. The zero-order valence-electron chi connectivity index (χ0n) is 18.3. The van der Waals surface area contributed by atoms with Crippen LogP contribution < -0.4 is 4.74 Å². The van der Waals surface area contributed by atoms with E-state index in [4.69, 9.17) is 16.3 Å². The maximum atomic E-state index is 12.7. The molecule has 2 fully saturated rings. The first kappa shape index (κ1) is 21.3. The summed E-state index contributed by atoms with van der Waals surface area (Å²) in [4.78, 5) is 17.0. The number of rotatable bonds is 4. The van der Waals surface area contributed by atoms with Gasteiger partial charge < -0.3 is 9.64 Å². The number of halogens is 1. The monoisotopic (exact) mass is 448 g/mol. The predicted molar refractivity (Wildman–Crippen MR) is 129 cm³/mol. The van der Waals surface area contributed by atoms with E-state index in [0.29, 0.717) is 24.8 Å². The van der Waals surface area contributed by atoms with Crippen LogP contribution in [0.3, 0.4) is 0 Å². The molecule has 3 aromatic carbocycles. The lowest BCUT2D eigenvalue weighted by atomic mass is 9.90. The van der Waals surface area contributed by atoms with Crippen LogP contribution in [0, 0.1) is 0 Å². The lowest BCUT2D eigenvalue weighted by Gasteiger charge is -2.31. The molecule has 3 aromatic rings. The van der Waals surface area contributed by atoms with Crippen LogP contribution >= 0.6 is 11.6 Å². The van der Waals surface area contributed by atoms with E-state index in [9.17, 15) is 4.79 Å². The summed E-state index contributed by atoms with van der Waals surface area (Å²) in [6, 6.07) is 20.6. The number of amides is 1. The number of ether oxygens (including phenoxy) is 1. The van der Waals surface area contributed by atoms with E-state index in [0.717, 1.165) is 29.8 Å². The highest BCUT2D eigenvalue weighted by atomic mass is 35.5. The smallest absolute Gasteiger partial charge is 0.410 e. The van der Waals surface area contributed by atoms with Gasteiger partial charge in [-0.05, 0) is 96.9 Å². The van der Waals surface area contributed by atoms with E-state index in [1.807, 2.05) is 29.2 Å². The summed E-state index contributed by atoms with van der Waals surface area (Å²) in [5.41, 5.74) is 2.63. The van der Waals surface area contributed by atoms with E-state index in [1.54, 1.807) is 0 Å². The molecule has 2 heterocycles. The van der Waals surface area contributed by atoms with Crippen LogP contribution in [0.5, 0.6) is 5.75 Å². The Labute approximate surface area is 194 Å². The lowest BCUT2D eigenvalue weighted by molar-refractivity contribution is 0.139. The largest absolute Gasteiger partial charge is 0.415 e. The van der Waals surface area contributed by atoms with Gasteiger partial charge in [-0.2, -0.15) is 0 Å². The molecule has 0 aliphatic carbocycles. The van der Waals surface area contributed by atoms with E-state index in [2.05, 4.69) is 41.3 Å². The fourth-order valence-electron chi connectivity index (χ4n) is 4.93. The minimum absolute atomic E-state index is 0.260. The van der Waals surface area contributed by atoms with Crippen LogP contribution in [-0.2, 0) is 6.54 Å². The van der Waals surface area contributed by atoms with Gasteiger partial charge in [0.25, 0.3) is 0 Å². The minimum atomic E-state index is -0.260. The average Bonchev–Trinajstić information content (AvgIpc) is 3.33. The molecule has 2 aliphatic heterocycles. The second-order valence-corrected chi connectivity index (χ2v) is 9.44. The Morgan fingerprint density at radius 2 is 1.56 bits per heavy atom. The van der Waals surface area contributed by atoms with Crippen LogP contribution in [0.15, 0.2) is 60.7 Å². The first-order valence-electron chi connectivity index (χ1n) is 11.6. The molecule has 1 amide bonds. The molecule has 5 rings (SSSR count). The van der Waals surface area contributed by atoms with Crippen molar-refractivity contribution in [2.24, 2.45) is 0 Å². The molecule has 0 spiro atoms. The van der Waals surface area contributed by atoms with Crippen molar-refractivity contribution in [1.29, 1.82) is 0 Å². The van der Waals surface area contributed by atoms with Gasteiger partial charge in [-0.25, -0.2) is 4.79 Å². The number of carbonyl (C=O) groups is 1. The molecule has 2 saturated heterocycles. The maximum absolute atomic E-state index is 12.7. The molecule has 0 atom stereocenters. The van der Waals surface area contributed by atoms with E-state index < -0.39 is 0 Å². The van der Waals surface area contributed by atoms with Gasteiger partial charge in [-0.15, -0.1) is 0 Å². The molecular weight excluding hydrogens is 420 g/mol. The summed E-state index contributed by atoms with van der Waals surface area (Å²) in [6.07, 6.45) is 4.23. The van der Waals surface area contributed by atoms with Crippen LogP contribution in [0.4, 0.5) is 4.79 Å². The zero-order valence-corrected chi connectivity index (χ0v) is 19.1. The Balaban J connectivity index is 1.18. The van der Waals surface area contributed by atoms with Crippen molar-refractivity contribution in [2.75, 3.05) is 26.2 Å². The number of fused-ring (bicyclic) bond motifs is 1. The highest BCUT2D eigenvalue weighted by Crippen LogP contribution is 2.30. The molecule has 0 N–H and O–H groups in total. The topological polar surface area (TPSA) is 32.8 Å². The van der Waals surface area contributed by atoms with Crippen molar-refractivity contribution < 1.29 is 9.53 Å². The molecule has 0 bridgehead atoms. The SMILES string of the molecule is O=C(Oc1ccc2cc(CN3CCCC3)ccc2c1)N1CCC(c2ccc(Cl)cc2)CC1. The third kappa shape index (κ3) is 4.92. The van der Waals surface area contributed by atoms with E-state index in [1.165, 1.54) is 42.4 Å². The molecule has 4 nitrogen and oxygen atoms in total. The highest BCUT2D eigenvalue weighted by Gasteiger charge is 2.25. The molecule has 166 valence electrons. The van der Waals surface area contributed by atoms with Gasteiger partial charge in [0.1, 0.15) is 5.75 Å². The van der Waals surface area contributed by atoms with Crippen molar-refractivity contribution in [3.63, 3.8) is 0 Å². The summed E-state index contributed by atoms with van der Waals surface area (Å²) in [5, 5.41) is 3.04. The molecular formula is C27H29ClN2O2. The molecule has 0 aromatic heterocycles. The minimum Gasteiger partial charge on any atom is -0.410 e. The van der Waals surface area contributed by atoms with Crippen molar-refractivity contribution in [1.82, 2.24) is 9.80 Å². The fourth-order valence-corrected chi connectivity index (χ4v) is 5.06. The Morgan fingerprint density at radius 3 is 2.31 bits per heavy atom. The van der Waals surface area contributed by atoms with E-state index >= 15 is 0 Å². The third-order valence-corrected chi connectivity index (χ3v) is 7.03. The second-order valence-electron chi connectivity index (χ2n) is 9.01. The number of piperidine rings is 1. The summed E-state index contributed by atoms with van der Waals surface area (Å²) in [6.45, 7) is 4.82. The number of hydrogen-bond acceptors (Lipinski definition) is 3. The van der Waals surface area contributed by atoms with Crippen LogP contribution in [0.1, 0.15) is 42.7 Å². The van der Waals surface area contributed by atoms with E-state index in [-0.39, 0.29) is 6.09 Å². The standard InChI is InChI=1S/C27H29ClN2O2/c28-25-8-5-21(6-9-25)22-11-15-30(16-12-22)27(31)32-26-10-7-23-17-20(3-4-24(23)18-26)19-29-13-1-2-14-29/h3-10,17-18,22H,1-2,11-16,19H2. The molecule has 0 saturated carbocycles. The Kier molecular flexibility index (Phi) is 6.33. The van der Waals surface area contributed by atoms with Crippen molar-refractivity contribution in [2.45, 2.75) is 38.1 Å². The average molecular weight is 449 g/mol. The summed E-state index contributed by atoms with van der Waals surface area (Å²) in [5.74, 6) is 1.07. The number of nitrogens with zero attached hydrogens (tertiary/aromatic N) is 2. The first-order chi connectivity index (χ1) is 15.6. The molecule has 2 aliphatic rings. The number of carbonyl (C=O) groups excluding carboxylic acids is 1. The summed E-state index contributed by atoms with van der Waals surface area (Å²) < 4.78 is 5.72. The number of benzene rings is 3. The summed E-state index contributed by atoms with van der Waals surface area (Å²) >= 11 is 6.00. The van der Waals surface area contributed by atoms with Crippen molar-refractivity contribution in [3.8, 4) is 5.75 Å². The van der Waals surface area contributed by atoms with Gasteiger partial charge in [-0.1, -0.05) is 41.9 Å². The molecule has 32 heavy (non-hydrogen) atoms. The molecule has 0 radical (unpaired) electrons. The first-order valence-corrected chi connectivity index (χ1v) is 12.0. The highest BCUT2D eigenvalue weighted by molar-refractivity contribution is 6.30. The van der Waals surface area contributed by atoms with Gasteiger partial charge in [0.2, 0.25) is 0 Å². The Bertz CT molecular complexity index is 1080. The summed E-state index contributed by atoms with van der Waals surface area (Å²) in [7, 11) is 0. The number of likely N-dealkylation sites (tertiary alicyclic amines) is 2. The van der Waals surface area contributed by atoms with Crippen molar-refractivity contribution >= 4 is 28.5 Å². The number of hydrogen-bond donors (Lipinski definition) is 0. The van der Waals surface area contributed by atoms with Gasteiger partial charge in [0.15, 0.2) is 0 Å². The third-order valence-electron chi connectivity index (χ3n) is 6.78. The fraction of sp³-hybridized carbons (Fsp3) is 0.370. The van der Waals surface area contributed by atoms with Crippen LogP contribution in [0.25, 0.3) is 10.8 Å². The zero-order chi connectivity index (χ0) is 21.9. The predicted octanol–water partition coefficient (Wildman–Crippen LogP) is 6.47. The Morgan fingerprint density at radius 1 is 0.875 bits per heavy atom. The van der Waals surface area contributed by atoms with Crippen LogP contribution in [-0.4, -0.2) is 42.1 Å². The normalized spacial score (nSPS) is 17.7. The Hall–Kier alpha value is -2.56. The van der Waals surface area contributed by atoms with Crippen LogP contribution in [0.2, 0.25) is 5.02 Å². The molecule has 5 heteroatoms. The van der Waals surface area contributed by atoms with Gasteiger partial charge >= 0.3 is 6.09 Å². The quantitative estimate of drug-likeness (QED) is 0.458. The van der Waals surface area contributed by atoms with Gasteiger partial charge in [-0.3, -0.25) is 4.90 Å².